The minimum absolute atomic E-state index is 0.0513. The molecule has 1 N–H and O–H groups in total. The first-order valence-electron chi connectivity index (χ1n) is 6.19. The monoisotopic (exact) mass is 249 g/mol. The zero-order valence-corrected chi connectivity index (χ0v) is 10.8. The molecule has 1 aliphatic heterocycles. The smallest absolute Gasteiger partial charge is 0.227 e. The maximum atomic E-state index is 12.1. The average molecular weight is 249 g/mol. The lowest BCUT2D eigenvalue weighted by atomic mass is 10.1. The Hall–Kier alpha value is -1.55. The molecule has 0 radical (unpaired) electrons. The maximum Gasteiger partial charge on any atom is 0.227 e. The van der Waals surface area contributed by atoms with E-state index in [9.17, 15) is 9.90 Å². The van der Waals surface area contributed by atoms with Crippen LogP contribution in [0.3, 0.4) is 0 Å². The van der Waals surface area contributed by atoms with Crippen LogP contribution in [0.25, 0.3) is 0 Å². The molecule has 1 heterocycles. The van der Waals surface area contributed by atoms with Crippen LogP contribution in [-0.2, 0) is 11.2 Å². The molecule has 4 nitrogen and oxygen atoms in total. The fourth-order valence-corrected chi connectivity index (χ4v) is 2.29. The molecule has 0 aromatic heterocycles. The van der Waals surface area contributed by atoms with E-state index >= 15 is 0 Å². The molecule has 1 fully saturated rings. The third-order valence-electron chi connectivity index (χ3n) is 3.29. The standard InChI is InChI=1S/C14H19NO3/c1-10-3-4-13(18-2)11(7-10)8-14(17)15-6-5-12(16)9-15/h3-4,7,12,16H,5-6,8-9H2,1-2H3/t12-/m1/s1. The summed E-state index contributed by atoms with van der Waals surface area (Å²) in [5.74, 6) is 0.796. The molecule has 1 saturated heterocycles. The summed E-state index contributed by atoms with van der Waals surface area (Å²) >= 11 is 0. The minimum Gasteiger partial charge on any atom is -0.496 e. The highest BCUT2D eigenvalue weighted by molar-refractivity contribution is 5.80. The molecule has 1 amide bonds. The van der Waals surface area contributed by atoms with Crippen molar-refractivity contribution in [1.29, 1.82) is 0 Å². The summed E-state index contributed by atoms with van der Waals surface area (Å²) in [6.45, 7) is 3.09. The van der Waals surface area contributed by atoms with Crippen molar-refractivity contribution >= 4 is 5.91 Å². The van der Waals surface area contributed by atoms with Crippen LogP contribution in [0.15, 0.2) is 18.2 Å². The lowest BCUT2D eigenvalue weighted by Gasteiger charge is -2.16. The van der Waals surface area contributed by atoms with Crippen LogP contribution >= 0.6 is 0 Å². The summed E-state index contributed by atoms with van der Waals surface area (Å²) in [5, 5.41) is 9.44. The van der Waals surface area contributed by atoms with Gasteiger partial charge in [0.25, 0.3) is 0 Å². The molecule has 2 rings (SSSR count). The number of carbonyl (C=O) groups excluding carboxylic acids is 1. The molecular weight excluding hydrogens is 230 g/mol. The van der Waals surface area contributed by atoms with Crippen molar-refractivity contribution < 1.29 is 14.6 Å². The number of ether oxygens (including phenoxy) is 1. The number of carbonyl (C=O) groups is 1. The highest BCUT2D eigenvalue weighted by Gasteiger charge is 2.25. The number of benzene rings is 1. The first-order valence-corrected chi connectivity index (χ1v) is 6.19. The van der Waals surface area contributed by atoms with Crippen LogP contribution in [0.2, 0.25) is 0 Å². The number of β-amino-alcohol motifs (C(OH)–C–C–N with tert-alkyl or cyclic N) is 1. The molecule has 1 atom stereocenters. The summed E-state index contributed by atoms with van der Waals surface area (Å²) in [6, 6.07) is 5.83. The quantitative estimate of drug-likeness (QED) is 0.874. The van der Waals surface area contributed by atoms with Gasteiger partial charge in [0.05, 0.1) is 19.6 Å². The molecule has 1 aromatic rings. The number of amides is 1. The molecule has 1 aliphatic rings. The Labute approximate surface area is 107 Å². The van der Waals surface area contributed by atoms with Gasteiger partial charge in [0.1, 0.15) is 5.75 Å². The van der Waals surface area contributed by atoms with E-state index in [2.05, 4.69) is 0 Å². The van der Waals surface area contributed by atoms with E-state index in [1.54, 1.807) is 12.0 Å². The van der Waals surface area contributed by atoms with E-state index in [1.807, 2.05) is 25.1 Å². The van der Waals surface area contributed by atoms with Gasteiger partial charge in [-0.2, -0.15) is 0 Å². The second-order valence-corrected chi connectivity index (χ2v) is 4.77. The van der Waals surface area contributed by atoms with Crippen LogP contribution < -0.4 is 4.74 Å². The van der Waals surface area contributed by atoms with Crippen molar-refractivity contribution in [2.75, 3.05) is 20.2 Å². The topological polar surface area (TPSA) is 49.8 Å². The maximum absolute atomic E-state index is 12.1. The lowest BCUT2D eigenvalue weighted by Crippen LogP contribution is -2.30. The molecule has 0 aliphatic carbocycles. The van der Waals surface area contributed by atoms with Crippen molar-refractivity contribution in [2.45, 2.75) is 25.9 Å². The number of aryl methyl sites for hydroxylation is 1. The molecular formula is C14H19NO3. The van der Waals surface area contributed by atoms with E-state index in [1.165, 1.54) is 0 Å². The van der Waals surface area contributed by atoms with Crippen molar-refractivity contribution in [3.05, 3.63) is 29.3 Å². The van der Waals surface area contributed by atoms with Crippen LogP contribution in [0, 0.1) is 6.92 Å². The molecule has 0 saturated carbocycles. The largest absolute Gasteiger partial charge is 0.496 e. The molecule has 1 aromatic carbocycles. The summed E-state index contributed by atoms with van der Waals surface area (Å²) in [4.78, 5) is 13.8. The first-order chi connectivity index (χ1) is 8.60. The summed E-state index contributed by atoms with van der Waals surface area (Å²) < 4.78 is 5.26. The van der Waals surface area contributed by atoms with Crippen molar-refractivity contribution in [3.8, 4) is 5.75 Å². The predicted molar refractivity (Wildman–Crippen MR) is 68.6 cm³/mol. The van der Waals surface area contributed by atoms with Gasteiger partial charge in [-0.1, -0.05) is 17.7 Å². The number of likely N-dealkylation sites (tertiary alicyclic amines) is 1. The molecule has 18 heavy (non-hydrogen) atoms. The van der Waals surface area contributed by atoms with Crippen LogP contribution in [0.5, 0.6) is 5.75 Å². The molecule has 0 unspecified atom stereocenters. The predicted octanol–water partition coefficient (Wildman–Crippen LogP) is 1.14. The minimum atomic E-state index is -0.367. The summed E-state index contributed by atoms with van der Waals surface area (Å²) in [5.41, 5.74) is 2.02. The van der Waals surface area contributed by atoms with Gasteiger partial charge in [0.2, 0.25) is 5.91 Å². The fraction of sp³-hybridized carbons (Fsp3) is 0.500. The average Bonchev–Trinajstić information content (AvgIpc) is 2.76. The highest BCUT2D eigenvalue weighted by Crippen LogP contribution is 2.21. The summed E-state index contributed by atoms with van der Waals surface area (Å²) in [6.07, 6.45) is 0.641. The SMILES string of the molecule is COc1ccc(C)cc1CC(=O)N1CC[C@@H](O)C1. The Kier molecular flexibility index (Phi) is 3.87. The number of nitrogens with zero attached hydrogens (tertiary/aromatic N) is 1. The van der Waals surface area contributed by atoms with E-state index in [0.29, 0.717) is 25.9 Å². The first kappa shape index (κ1) is 12.9. The van der Waals surface area contributed by atoms with Gasteiger partial charge in [-0.15, -0.1) is 0 Å². The summed E-state index contributed by atoms with van der Waals surface area (Å²) in [7, 11) is 1.61. The number of rotatable bonds is 3. The van der Waals surface area contributed by atoms with E-state index in [4.69, 9.17) is 4.74 Å². The fourth-order valence-electron chi connectivity index (χ4n) is 2.29. The number of aliphatic hydroxyl groups excluding tert-OH is 1. The van der Waals surface area contributed by atoms with Gasteiger partial charge in [0, 0.05) is 18.7 Å². The van der Waals surface area contributed by atoms with Gasteiger partial charge in [-0.25, -0.2) is 0 Å². The lowest BCUT2D eigenvalue weighted by molar-refractivity contribution is -0.129. The second-order valence-electron chi connectivity index (χ2n) is 4.77. The molecule has 0 bridgehead atoms. The van der Waals surface area contributed by atoms with Gasteiger partial charge < -0.3 is 14.7 Å². The molecule has 4 heteroatoms. The van der Waals surface area contributed by atoms with Gasteiger partial charge in [-0.05, 0) is 19.4 Å². The second kappa shape index (κ2) is 5.40. The van der Waals surface area contributed by atoms with E-state index in [0.717, 1.165) is 16.9 Å². The number of hydrogen-bond donors (Lipinski definition) is 1. The van der Waals surface area contributed by atoms with Crippen molar-refractivity contribution in [2.24, 2.45) is 0 Å². The number of aliphatic hydroxyl groups is 1. The Morgan fingerprint density at radius 2 is 2.33 bits per heavy atom. The van der Waals surface area contributed by atoms with Crippen LogP contribution in [0.1, 0.15) is 17.5 Å². The van der Waals surface area contributed by atoms with Gasteiger partial charge in [-0.3, -0.25) is 4.79 Å². The zero-order valence-electron chi connectivity index (χ0n) is 10.8. The Morgan fingerprint density at radius 1 is 1.56 bits per heavy atom. The number of hydrogen-bond acceptors (Lipinski definition) is 3. The van der Waals surface area contributed by atoms with Crippen molar-refractivity contribution in [3.63, 3.8) is 0 Å². The van der Waals surface area contributed by atoms with E-state index in [-0.39, 0.29) is 12.0 Å². The third-order valence-corrected chi connectivity index (χ3v) is 3.29. The highest BCUT2D eigenvalue weighted by atomic mass is 16.5. The molecule has 98 valence electrons. The van der Waals surface area contributed by atoms with Gasteiger partial charge in [0.15, 0.2) is 0 Å². The van der Waals surface area contributed by atoms with Crippen LogP contribution in [0.4, 0.5) is 0 Å². The Bertz CT molecular complexity index is 445. The van der Waals surface area contributed by atoms with Crippen LogP contribution in [-0.4, -0.2) is 42.2 Å². The van der Waals surface area contributed by atoms with Gasteiger partial charge >= 0.3 is 0 Å². The Balaban J connectivity index is 2.09. The zero-order chi connectivity index (χ0) is 13.1. The normalized spacial score (nSPS) is 19.1. The third kappa shape index (κ3) is 2.82. The molecule has 0 spiro atoms. The number of methoxy groups -OCH3 is 1. The van der Waals surface area contributed by atoms with E-state index < -0.39 is 0 Å². The Morgan fingerprint density at radius 3 is 2.94 bits per heavy atom. The van der Waals surface area contributed by atoms with Crippen molar-refractivity contribution in [1.82, 2.24) is 4.90 Å².